The van der Waals surface area contributed by atoms with E-state index in [0.29, 0.717) is 6.42 Å². The normalized spacial score (nSPS) is 33.7. The summed E-state index contributed by atoms with van der Waals surface area (Å²) in [5.41, 5.74) is 0. The van der Waals surface area contributed by atoms with Gasteiger partial charge in [0.25, 0.3) is 0 Å². The van der Waals surface area contributed by atoms with Crippen molar-refractivity contribution >= 4 is 5.97 Å². The Hall–Kier alpha value is -0.610. The fourth-order valence-electron chi connectivity index (χ4n) is 1.23. The summed E-state index contributed by atoms with van der Waals surface area (Å²) in [6.45, 7) is 0.814. The number of aliphatic carboxylic acids is 1. The summed E-state index contributed by atoms with van der Waals surface area (Å²) in [4.78, 5) is 10.4. The van der Waals surface area contributed by atoms with Gasteiger partial charge in [-0.15, -0.1) is 0 Å². The van der Waals surface area contributed by atoms with Gasteiger partial charge in [0.1, 0.15) is 6.10 Å². The summed E-state index contributed by atoms with van der Waals surface area (Å²) in [6, 6.07) is -0.631. The van der Waals surface area contributed by atoms with Crippen molar-refractivity contribution < 1.29 is 20.3 Å². The fraction of sp³-hybridized carbons (Fsp3) is 0.833. The first-order valence-corrected chi connectivity index (χ1v) is 3.46. The lowest BCUT2D eigenvalue weighted by Gasteiger charge is -2.21. The fourth-order valence-corrected chi connectivity index (χ4v) is 1.23. The molecule has 1 aliphatic rings. The van der Waals surface area contributed by atoms with Crippen LogP contribution in [-0.2, 0) is 4.79 Å². The predicted octanol–water partition coefficient (Wildman–Crippen LogP) is -1.84. The highest BCUT2D eigenvalue weighted by atomic mass is 16.4. The third-order valence-electron chi connectivity index (χ3n) is 1.82. The molecule has 0 amide bonds. The predicted molar refractivity (Wildman–Crippen MR) is 33.5 cm³/mol. The maximum atomic E-state index is 10.4. The zero-order valence-corrected chi connectivity index (χ0v) is 5.66. The minimum Gasteiger partial charge on any atom is -0.477 e. The molecule has 0 spiro atoms. The number of nitrogens with two attached hydrogens (primary N) is 1. The van der Waals surface area contributed by atoms with Crippen LogP contribution in [0, 0.1) is 0 Å². The highest BCUT2D eigenvalue weighted by Crippen LogP contribution is 2.02. The van der Waals surface area contributed by atoms with Crippen molar-refractivity contribution in [1.82, 2.24) is 0 Å². The third-order valence-corrected chi connectivity index (χ3v) is 1.82. The molecule has 0 aliphatic carbocycles. The van der Waals surface area contributed by atoms with Crippen LogP contribution in [0.4, 0.5) is 0 Å². The van der Waals surface area contributed by atoms with E-state index in [4.69, 9.17) is 10.2 Å². The van der Waals surface area contributed by atoms with Crippen LogP contribution in [-0.4, -0.2) is 34.9 Å². The van der Waals surface area contributed by atoms with E-state index in [-0.39, 0.29) is 0 Å². The van der Waals surface area contributed by atoms with E-state index in [0.717, 1.165) is 13.0 Å². The van der Waals surface area contributed by atoms with Gasteiger partial charge < -0.3 is 15.5 Å². The van der Waals surface area contributed by atoms with E-state index in [1.807, 2.05) is 0 Å². The van der Waals surface area contributed by atoms with E-state index >= 15 is 0 Å². The van der Waals surface area contributed by atoms with Crippen molar-refractivity contribution in [2.75, 3.05) is 6.54 Å². The Balaban J connectivity index is 2.47. The molecule has 1 fully saturated rings. The number of aliphatic hydroxyl groups excluding tert-OH is 1. The minimum absolute atomic E-state index is 0.619. The largest absolute Gasteiger partial charge is 0.477 e. The number of aliphatic hydroxyl groups is 1. The lowest BCUT2D eigenvalue weighted by Crippen LogP contribution is -2.96. The van der Waals surface area contributed by atoms with Gasteiger partial charge >= 0.3 is 5.97 Å². The SMILES string of the molecule is O=C(O)[C@@H]1[NH2+]CCC[C@H]1O. The van der Waals surface area contributed by atoms with Gasteiger partial charge in [0, 0.05) is 0 Å². The molecule has 0 aromatic heterocycles. The molecule has 1 rings (SSSR count). The first kappa shape index (κ1) is 7.50. The molecule has 4 heteroatoms. The molecule has 4 N–H and O–H groups in total. The molecular weight excluding hydrogens is 134 g/mol. The highest BCUT2D eigenvalue weighted by molar-refractivity contribution is 5.72. The topological polar surface area (TPSA) is 74.1 Å². The van der Waals surface area contributed by atoms with Gasteiger partial charge in [0.15, 0.2) is 0 Å². The van der Waals surface area contributed by atoms with Crippen LogP contribution in [0.5, 0.6) is 0 Å². The van der Waals surface area contributed by atoms with Crippen LogP contribution in [0.1, 0.15) is 12.8 Å². The lowest BCUT2D eigenvalue weighted by atomic mass is 10.0. The molecule has 0 aromatic carbocycles. The summed E-state index contributed by atoms with van der Waals surface area (Å²) < 4.78 is 0. The maximum absolute atomic E-state index is 10.4. The molecule has 0 unspecified atom stereocenters. The molecule has 58 valence electrons. The van der Waals surface area contributed by atoms with Crippen LogP contribution in [0.2, 0.25) is 0 Å². The first-order chi connectivity index (χ1) is 4.72. The summed E-state index contributed by atoms with van der Waals surface area (Å²) in [7, 11) is 0. The Kier molecular flexibility index (Phi) is 2.24. The van der Waals surface area contributed by atoms with Crippen molar-refractivity contribution in [3.05, 3.63) is 0 Å². The van der Waals surface area contributed by atoms with Crippen molar-refractivity contribution in [3.8, 4) is 0 Å². The van der Waals surface area contributed by atoms with Crippen molar-refractivity contribution in [2.24, 2.45) is 0 Å². The Bertz CT molecular complexity index is 137. The lowest BCUT2D eigenvalue weighted by molar-refractivity contribution is -0.693. The number of carboxylic acids is 1. The number of rotatable bonds is 1. The second kappa shape index (κ2) is 2.98. The average molecular weight is 146 g/mol. The number of quaternary nitrogens is 1. The third kappa shape index (κ3) is 1.46. The number of hydrogen-bond donors (Lipinski definition) is 3. The zero-order valence-electron chi connectivity index (χ0n) is 5.66. The number of piperidine rings is 1. The van der Waals surface area contributed by atoms with Gasteiger partial charge in [-0.3, -0.25) is 0 Å². The van der Waals surface area contributed by atoms with E-state index in [2.05, 4.69) is 0 Å². The molecule has 10 heavy (non-hydrogen) atoms. The van der Waals surface area contributed by atoms with Crippen LogP contribution in [0.25, 0.3) is 0 Å². The summed E-state index contributed by atoms with van der Waals surface area (Å²) >= 11 is 0. The van der Waals surface area contributed by atoms with Crippen molar-refractivity contribution in [1.29, 1.82) is 0 Å². The molecule has 0 aromatic rings. The Morgan fingerprint density at radius 1 is 1.60 bits per heavy atom. The van der Waals surface area contributed by atoms with Gasteiger partial charge in [-0.1, -0.05) is 0 Å². The molecule has 2 atom stereocenters. The van der Waals surface area contributed by atoms with E-state index < -0.39 is 18.1 Å². The Morgan fingerprint density at radius 2 is 2.30 bits per heavy atom. The van der Waals surface area contributed by atoms with Gasteiger partial charge in [0.2, 0.25) is 6.04 Å². The second-order valence-corrected chi connectivity index (χ2v) is 2.60. The van der Waals surface area contributed by atoms with E-state index in [9.17, 15) is 4.79 Å². The number of carboxylic acid groups (broad SMARTS) is 1. The second-order valence-electron chi connectivity index (χ2n) is 2.60. The maximum Gasteiger partial charge on any atom is 0.365 e. The number of carbonyl (C=O) groups is 1. The van der Waals surface area contributed by atoms with Crippen molar-refractivity contribution in [2.45, 2.75) is 25.0 Å². The molecule has 0 radical (unpaired) electrons. The van der Waals surface area contributed by atoms with Gasteiger partial charge in [-0.05, 0) is 12.8 Å². The zero-order chi connectivity index (χ0) is 7.56. The molecule has 4 nitrogen and oxygen atoms in total. The molecule has 1 saturated heterocycles. The minimum atomic E-state index is -0.910. The summed E-state index contributed by atoms with van der Waals surface area (Å²) in [6.07, 6.45) is 0.865. The molecule has 1 aliphatic heterocycles. The summed E-state index contributed by atoms with van der Waals surface area (Å²) in [5, 5.41) is 19.3. The van der Waals surface area contributed by atoms with Gasteiger partial charge in [-0.25, -0.2) is 4.79 Å². The van der Waals surface area contributed by atoms with Crippen LogP contribution >= 0.6 is 0 Å². The standard InChI is InChI=1S/C6H11NO3/c8-4-2-1-3-7-5(4)6(9)10/h4-5,7-8H,1-3H2,(H,9,10)/p+1/t4-,5-/m1/s1. The average Bonchev–Trinajstić information content (AvgIpc) is 1.88. The van der Waals surface area contributed by atoms with Crippen LogP contribution < -0.4 is 5.32 Å². The quantitative estimate of drug-likeness (QED) is 0.407. The smallest absolute Gasteiger partial charge is 0.365 e. The number of hydrogen-bond acceptors (Lipinski definition) is 2. The molecule has 0 bridgehead atoms. The van der Waals surface area contributed by atoms with Crippen molar-refractivity contribution in [3.63, 3.8) is 0 Å². The van der Waals surface area contributed by atoms with E-state index in [1.54, 1.807) is 5.32 Å². The highest BCUT2D eigenvalue weighted by Gasteiger charge is 2.32. The first-order valence-electron chi connectivity index (χ1n) is 3.46. The Morgan fingerprint density at radius 3 is 2.70 bits per heavy atom. The monoisotopic (exact) mass is 146 g/mol. The molecule has 1 heterocycles. The van der Waals surface area contributed by atoms with Crippen LogP contribution in [0.15, 0.2) is 0 Å². The summed E-state index contributed by atoms with van der Waals surface area (Å²) in [5.74, 6) is -0.910. The van der Waals surface area contributed by atoms with Gasteiger partial charge in [-0.2, -0.15) is 0 Å². The Labute approximate surface area is 58.9 Å². The van der Waals surface area contributed by atoms with E-state index in [1.165, 1.54) is 0 Å². The molecule has 0 saturated carbocycles. The van der Waals surface area contributed by atoms with Crippen LogP contribution in [0.3, 0.4) is 0 Å². The van der Waals surface area contributed by atoms with Gasteiger partial charge in [0.05, 0.1) is 6.54 Å². The molecular formula is C6H12NO3+.